The van der Waals surface area contributed by atoms with E-state index in [0.29, 0.717) is 13.0 Å². The summed E-state index contributed by atoms with van der Waals surface area (Å²) in [5, 5.41) is 72.0. The number of carbonyl (C=O) groups is 1. The first-order valence-corrected chi connectivity index (χ1v) is 25.3. The summed E-state index contributed by atoms with van der Waals surface area (Å²) in [4.78, 5) is 13.0. The third-order valence-electron chi connectivity index (χ3n) is 12.3. The number of rotatable bonds is 40. The Kier molecular flexibility index (Phi) is 34.7. The van der Waals surface area contributed by atoms with Crippen molar-refractivity contribution in [1.29, 1.82) is 0 Å². The molecule has 2 saturated heterocycles. The van der Waals surface area contributed by atoms with Crippen LogP contribution in [-0.4, -0.2) is 142 Å². The Labute approximate surface area is 380 Å². The van der Waals surface area contributed by atoms with Crippen molar-refractivity contribution >= 4 is 5.97 Å². The first-order chi connectivity index (χ1) is 30.6. The molecule has 0 radical (unpaired) electrons. The average Bonchev–Trinajstić information content (AvgIpc) is 3.28. The summed E-state index contributed by atoms with van der Waals surface area (Å²) in [6.07, 6.45) is 21.3. The lowest BCUT2D eigenvalue weighted by atomic mass is 9.98. The van der Waals surface area contributed by atoms with Crippen LogP contribution in [0.2, 0.25) is 0 Å². The molecular weight excluding hydrogens is 813 g/mol. The maximum Gasteiger partial charge on any atom is 0.306 e. The zero-order valence-electron chi connectivity index (χ0n) is 39.3. The number of allylic oxidation sites excluding steroid dienone is 2. The highest BCUT2D eigenvalue weighted by Crippen LogP contribution is 2.26. The van der Waals surface area contributed by atoms with E-state index in [9.17, 15) is 40.5 Å². The molecule has 14 nitrogen and oxygen atoms in total. The highest BCUT2D eigenvalue weighted by Gasteiger charge is 2.47. The van der Waals surface area contributed by atoms with Crippen LogP contribution in [0.4, 0.5) is 0 Å². The molecule has 2 aliphatic heterocycles. The minimum atomic E-state index is -1.70. The fourth-order valence-corrected chi connectivity index (χ4v) is 8.10. The molecule has 63 heavy (non-hydrogen) atoms. The monoisotopic (exact) mass is 905 g/mol. The maximum absolute atomic E-state index is 13.0. The highest BCUT2D eigenvalue weighted by atomic mass is 16.7. The summed E-state index contributed by atoms with van der Waals surface area (Å²) in [5.41, 5.74) is 0. The minimum Gasteiger partial charge on any atom is -0.457 e. The molecule has 0 aromatic carbocycles. The average molecular weight is 905 g/mol. The van der Waals surface area contributed by atoms with E-state index in [1.54, 1.807) is 0 Å². The molecule has 0 bridgehead atoms. The second-order valence-electron chi connectivity index (χ2n) is 18.0. The van der Waals surface area contributed by atoms with Crippen LogP contribution in [0, 0.1) is 0 Å². The molecule has 0 saturated carbocycles. The van der Waals surface area contributed by atoms with Crippen LogP contribution < -0.4 is 0 Å². The van der Waals surface area contributed by atoms with Crippen LogP contribution in [0.15, 0.2) is 12.2 Å². The van der Waals surface area contributed by atoms with Gasteiger partial charge in [0.1, 0.15) is 54.9 Å². The quantitative estimate of drug-likeness (QED) is 0.0186. The second-order valence-corrected chi connectivity index (χ2v) is 18.0. The van der Waals surface area contributed by atoms with E-state index in [2.05, 4.69) is 26.0 Å². The number of ether oxygens (including phenoxy) is 6. The SMILES string of the molecule is CCCCC/C=C\CCCCCCCCOCC(COC1OC(COC2OC(CO)C(O)C(O)C2O)C(O)C(O)C1O)OC(=O)CCCCCCCCCCCCCCCCCC. The Morgan fingerprint density at radius 1 is 0.508 bits per heavy atom. The number of hydrogen-bond donors (Lipinski definition) is 7. The molecule has 7 N–H and O–H groups in total. The summed E-state index contributed by atoms with van der Waals surface area (Å²) in [6.45, 7) is 3.67. The largest absolute Gasteiger partial charge is 0.457 e. The van der Waals surface area contributed by atoms with Gasteiger partial charge in [-0.15, -0.1) is 0 Å². The van der Waals surface area contributed by atoms with Crippen molar-refractivity contribution in [2.45, 2.75) is 261 Å². The highest BCUT2D eigenvalue weighted by molar-refractivity contribution is 5.69. The molecule has 0 aliphatic carbocycles. The van der Waals surface area contributed by atoms with Crippen LogP contribution in [0.1, 0.15) is 194 Å². The lowest BCUT2D eigenvalue weighted by Gasteiger charge is -2.42. The molecule has 2 heterocycles. The molecular formula is C49H92O14. The molecule has 2 fully saturated rings. The van der Waals surface area contributed by atoms with Crippen LogP contribution in [0.5, 0.6) is 0 Å². The molecule has 0 spiro atoms. The van der Waals surface area contributed by atoms with Crippen LogP contribution >= 0.6 is 0 Å². The van der Waals surface area contributed by atoms with E-state index in [1.807, 2.05) is 0 Å². The van der Waals surface area contributed by atoms with E-state index in [0.717, 1.165) is 44.9 Å². The van der Waals surface area contributed by atoms with Gasteiger partial charge in [0, 0.05) is 13.0 Å². The molecule has 0 aromatic heterocycles. The fraction of sp³-hybridized carbons (Fsp3) is 0.939. The molecule has 0 amide bonds. The van der Waals surface area contributed by atoms with Gasteiger partial charge in [-0.2, -0.15) is 0 Å². The Morgan fingerprint density at radius 3 is 1.48 bits per heavy atom. The fourth-order valence-electron chi connectivity index (χ4n) is 8.10. The van der Waals surface area contributed by atoms with Gasteiger partial charge < -0.3 is 64.2 Å². The smallest absolute Gasteiger partial charge is 0.306 e. The van der Waals surface area contributed by atoms with Gasteiger partial charge in [-0.3, -0.25) is 4.79 Å². The molecule has 372 valence electrons. The van der Waals surface area contributed by atoms with Crippen molar-refractivity contribution in [2.24, 2.45) is 0 Å². The summed E-state index contributed by atoms with van der Waals surface area (Å²) in [5.74, 6) is -0.375. The van der Waals surface area contributed by atoms with E-state index in [4.69, 9.17) is 28.4 Å². The van der Waals surface area contributed by atoms with Crippen molar-refractivity contribution in [1.82, 2.24) is 0 Å². The molecule has 0 aromatic rings. The number of carbonyl (C=O) groups excluding carboxylic acids is 1. The van der Waals surface area contributed by atoms with Gasteiger partial charge in [0.15, 0.2) is 12.6 Å². The zero-order chi connectivity index (χ0) is 45.9. The molecule has 2 aliphatic rings. The van der Waals surface area contributed by atoms with E-state index in [1.165, 1.54) is 122 Å². The van der Waals surface area contributed by atoms with Gasteiger partial charge >= 0.3 is 5.97 Å². The van der Waals surface area contributed by atoms with Gasteiger partial charge in [-0.25, -0.2) is 0 Å². The summed E-state index contributed by atoms with van der Waals surface area (Å²) < 4.78 is 34.2. The van der Waals surface area contributed by atoms with Gasteiger partial charge in [-0.05, 0) is 38.5 Å². The van der Waals surface area contributed by atoms with Crippen LogP contribution in [0.3, 0.4) is 0 Å². The van der Waals surface area contributed by atoms with E-state index in [-0.39, 0.29) is 25.6 Å². The van der Waals surface area contributed by atoms with Crippen molar-refractivity contribution < 1.29 is 69.0 Å². The lowest BCUT2D eigenvalue weighted by molar-refractivity contribution is -0.332. The Morgan fingerprint density at radius 2 is 0.937 bits per heavy atom. The zero-order valence-corrected chi connectivity index (χ0v) is 39.3. The molecule has 11 atom stereocenters. The van der Waals surface area contributed by atoms with Gasteiger partial charge in [0.05, 0.1) is 26.4 Å². The van der Waals surface area contributed by atoms with Gasteiger partial charge in [0.2, 0.25) is 0 Å². The van der Waals surface area contributed by atoms with E-state index >= 15 is 0 Å². The second kappa shape index (κ2) is 37.8. The van der Waals surface area contributed by atoms with Crippen molar-refractivity contribution in [2.75, 3.05) is 33.0 Å². The normalized spacial score (nSPS) is 27.0. The number of aliphatic hydroxyl groups excluding tert-OH is 7. The van der Waals surface area contributed by atoms with Crippen LogP contribution in [0.25, 0.3) is 0 Å². The maximum atomic E-state index is 13.0. The summed E-state index contributed by atoms with van der Waals surface area (Å²) >= 11 is 0. The number of aliphatic hydroxyl groups is 7. The lowest BCUT2D eigenvalue weighted by Crippen LogP contribution is -2.61. The first-order valence-electron chi connectivity index (χ1n) is 25.3. The first kappa shape index (κ1) is 57.9. The number of esters is 1. The Hall–Kier alpha value is -1.27. The predicted molar refractivity (Wildman–Crippen MR) is 243 cm³/mol. The van der Waals surface area contributed by atoms with Crippen molar-refractivity contribution in [3.63, 3.8) is 0 Å². The van der Waals surface area contributed by atoms with Crippen molar-refractivity contribution in [3.8, 4) is 0 Å². The summed E-state index contributed by atoms with van der Waals surface area (Å²) in [7, 11) is 0. The minimum absolute atomic E-state index is 0.0624. The third-order valence-corrected chi connectivity index (χ3v) is 12.3. The Bertz CT molecular complexity index is 1100. The Balaban J connectivity index is 1.77. The number of unbranched alkanes of at least 4 members (excludes halogenated alkanes) is 24. The topological polar surface area (TPSA) is 214 Å². The van der Waals surface area contributed by atoms with Gasteiger partial charge in [-0.1, -0.05) is 161 Å². The molecule has 2 rings (SSSR count). The summed E-state index contributed by atoms with van der Waals surface area (Å²) in [6, 6.07) is 0. The predicted octanol–water partition coefficient (Wildman–Crippen LogP) is 7.07. The van der Waals surface area contributed by atoms with Crippen molar-refractivity contribution in [3.05, 3.63) is 12.2 Å². The molecule has 11 unspecified atom stereocenters. The van der Waals surface area contributed by atoms with Crippen LogP contribution in [-0.2, 0) is 33.2 Å². The van der Waals surface area contributed by atoms with E-state index < -0.39 is 80.7 Å². The van der Waals surface area contributed by atoms with Gasteiger partial charge in [0.25, 0.3) is 0 Å². The number of hydrogen-bond acceptors (Lipinski definition) is 14. The molecule has 14 heteroatoms. The standard InChI is InChI=1S/C49H92O14/c1-3-5-7-9-11-13-15-17-18-19-20-22-24-26-28-30-32-41(51)61-38(35-58-33-31-29-27-25-23-21-16-14-12-10-8-6-4-2)36-59-48-47(57)45(55)43(53)40(63-48)37-60-49-46(56)44(54)42(52)39(34-50)62-49/h12,14,38-40,42-50,52-57H,3-11,13,15-37H2,1-2H3/b14-12-. The third kappa shape index (κ3) is 26.0.